The fourth-order valence-corrected chi connectivity index (χ4v) is 4.05. The number of carboxylic acids is 1. The van der Waals surface area contributed by atoms with Gasteiger partial charge in [0.05, 0.1) is 12.9 Å². The Morgan fingerprint density at radius 3 is 2.39 bits per heavy atom. The van der Waals surface area contributed by atoms with Crippen LogP contribution >= 0.6 is 0 Å². The van der Waals surface area contributed by atoms with Gasteiger partial charge >= 0.3 is 5.97 Å². The minimum absolute atomic E-state index is 0.223. The molecule has 0 aromatic heterocycles. The van der Waals surface area contributed by atoms with Crippen LogP contribution in [0.2, 0.25) is 0 Å². The third-order valence-electron chi connectivity index (χ3n) is 3.62. The zero-order chi connectivity index (χ0) is 17.3. The van der Waals surface area contributed by atoms with E-state index in [-0.39, 0.29) is 5.56 Å². The molecule has 1 atom stereocenters. The van der Waals surface area contributed by atoms with E-state index in [1.807, 2.05) is 0 Å². The molecule has 0 saturated heterocycles. The van der Waals surface area contributed by atoms with E-state index in [0.717, 1.165) is 0 Å². The quantitative estimate of drug-likeness (QED) is 0.783. The molecule has 0 spiro atoms. The van der Waals surface area contributed by atoms with E-state index in [1.54, 1.807) is 0 Å². The highest BCUT2D eigenvalue weighted by Crippen LogP contribution is 2.42. The van der Waals surface area contributed by atoms with Crippen molar-refractivity contribution in [1.29, 1.82) is 0 Å². The van der Waals surface area contributed by atoms with Crippen LogP contribution in [-0.2, 0) is 14.8 Å². The Bertz CT molecular complexity index is 667. The Kier molecular flexibility index (Phi) is 4.90. The summed E-state index contributed by atoms with van der Waals surface area (Å²) in [7, 11) is -2.55. The summed E-state index contributed by atoms with van der Waals surface area (Å²) in [6, 6.07) is 4.39. The zero-order valence-corrected chi connectivity index (χ0v) is 13.1. The topological polar surface area (TPSA) is 92.7 Å². The molecule has 23 heavy (non-hydrogen) atoms. The number of rotatable bonds is 7. The summed E-state index contributed by atoms with van der Waals surface area (Å²) in [5.74, 6) is -4.87. The molecule has 6 nitrogen and oxygen atoms in total. The number of halogens is 2. The van der Waals surface area contributed by atoms with Gasteiger partial charge in [-0.3, -0.25) is 4.79 Å². The monoisotopic (exact) mass is 349 g/mol. The van der Waals surface area contributed by atoms with Crippen molar-refractivity contribution < 1.29 is 31.8 Å². The zero-order valence-electron chi connectivity index (χ0n) is 12.3. The molecule has 0 bridgehead atoms. The number of nitrogens with one attached hydrogen (secondary N) is 1. The summed E-state index contributed by atoms with van der Waals surface area (Å²) >= 11 is 0. The van der Waals surface area contributed by atoms with Crippen molar-refractivity contribution in [2.45, 2.75) is 24.8 Å². The predicted molar refractivity (Wildman–Crippen MR) is 78.0 cm³/mol. The second-order valence-electron chi connectivity index (χ2n) is 5.57. The van der Waals surface area contributed by atoms with Gasteiger partial charge in [-0.05, 0) is 23.6 Å². The van der Waals surface area contributed by atoms with Gasteiger partial charge in [0.15, 0.2) is 0 Å². The summed E-state index contributed by atoms with van der Waals surface area (Å²) in [5.41, 5.74) is 0.223. The van der Waals surface area contributed by atoms with Crippen molar-refractivity contribution in [1.82, 2.24) is 4.72 Å². The van der Waals surface area contributed by atoms with Gasteiger partial charge in [0.2, 0.25) is 15.9 Å². The van der Waals surface area contributed by atoms with E-state index in [1.165, 1.54) is 31.4 Å². The molecule has 0 amide bonds. The number of aliphatic carboxylic acids is 1. The lowest BCUT2D eigenvalue weighted by atomic mass is 9.83. The van der Waals surface area contributed by atoms with Gasteiger partial charge in [0, 0.05) is 12.8 Å². The molecule has 2 rings (SSSR count). The first kappa shape index (κ1) is 17.6. The van der Waals surface area contributed by atoms with Gasteiger partial charge in [0.25, 0.3) is 0 Å². The average molecular weight is 349 g/mol. The van der Waals surface area contributed by atoms with Gasteiger partial charge in [-0.25, -0.2) is 17.2 Å². The van der Waals surface area contributed by atoms with Gasteiger partial charge in [-0.2, -0.15) is 4.72 Å². The minimum Gasteiger partial charge on any atom is -0.497 e. The number of alkyl halides is 2. The Labute approximate surface area is 132 Å². The molecular weight excluding hydrogens is 332 g/mol. The maximum absolute atomic E-state index is 12.8. The highest BCUT2D eigenvalue weighted by molar-refractivity contribution is 7.89. The smallest absolute Gasteiger partial charge is 0.326 e. The number of benzene rings is 1. The van der Waals surface area contributed by atoms with Gasteiger partial charge < -0.3 is 9.84 Å². The first-order valence-electron chi connectivity index (χ1n) is 6.86. The van der Waals surface area contributed by atoms with E-state index >= 15 is 0 Å². The van der Waals surface area contributed by atoms with Crippen LogP contribution in [0, 0.1) is 5.92 Å². The lowest BCUT2D eigenvalue weighted by Crippen LogP contribution is -2.43. The predicted octanol–water partition coefficient (Wildman–Crippen LogP) is 1.79. The Morgan fingerprint density at radius 2 is 1.96 bits per heavy atom. The van der Waals surface area contributed by atoms with Crippen molar-refractivity contribution in [2.24, 2.45) is 5.92 Å². The number of hydrogen-bond acceptors (Lipinski definition) is 4. The minimum atomic E-state index is -4.00. The lowest BCUT2D eigenvalue weighted by molar-refractivity contribution is -0.139. The van der Waals surface area contributed by atoms with Gasteiger partial charge in [-0.15, -0.1) is 0 Å². The molecule has 1 aromatic carbocycles. The number of methoxy groups -OCH3 is 1. The summed E-state index contributed by atoms with van der Waals surface area (Å²) < 4.78 is 56.6. The maximum Gasteiger partial charge on any atom is 0.326 e. The summed E-state index contributed by atoms with van der Waals surface area (Å²) in [5, 5.41) is 9.23. The van der Waals surface area contributed by atoms with E-state index in [2.05, 4.69) is 4.72 Å². The molecule has 0 aliphatic heterocycles. The van der Waals surface area contributed by atoms with E-state index in [9.17, 15) is 27.1 Å². The van der Waals surface area contributed by atoms with E-state index < -0.39 is 52.5 Å². The number of ether oxygens (including phenoxy) is 1. The molecule has 0 radical (unpaired) electrons. The third-order valence-corrected chi connectivity index (χ3v) is 5.13. The first-order valence-corrected chi connectivity index (χ1v) is 8.52. The van der Waals surface area contributed by atoms with E-state index in [4.69, 9.17) is 4.74 Å². The Morgan fingerprint density at radius 1 is 1.39 bits per heavy atom. The molecule has 1 aromatic rings. The van der Waals surface area contributed by atoms with Crippen LogP contribution in [-0.4, -0.2) is 38.3 Å². The molecule has 0 heterocycles. The molecule has 1 saturated carbocycles. The Balaban J connectivity index is 2.07. The van der Waals surface area contributed by atoms with Crippen LogP contribution in [0.5, 0.6) is 5.75 Å². The van der Waals surface area contributed by atoms with Gasteiger partial charge in [0.1, 0.15) is 11.8 Å². The number of sulfonamides is 1. The molecule has 9 heteroatoms. The lowest BCUT2D eigenvalue weighted by Gasteiger charge is -2.34. The highest BCUT2D eigenvalue weighted by atomic mass is 32.2. The molecular formula is C14H17F2NO5S. The molecule has 2 N–H and O–H groups in total. The van der Waals surface area contributed by atoms with Crippen molar-refractivity contribution in [3.63, 3.8) is 0 Å². The SMILES string of the molecule is COc1ccc(C(NS(=O)(=O)CC2CC(F)(F)C2)C(=O)O)cc1. The third kappa shape index (κ3) is 4.61. The summed E-state index contributed by atoms with van der Waals surface area (Å²) in [6.45, 7) is 0. The van der Waals surface area contributed by atoms with Crippen molar-refractivity contribution >= 4 is 16.0 Å². The Hall–Kier alpha value is -1.74. The highest BCUT2D eigenvalue weighted by Gasteiger charge is 2.47. The van der Waals surface area contributed by atoms with Gasteiger partial charge in [-0.1, -0.05) is 12.1 Å². The fourth-order valence-electron chi connectivity index (χ4n) is 2.50. The molecule has 1 aliphatic carbocycles. The van der Waals surface area contributed by atoms with Crippen molar-refractivity contribution in [3.8, 4) is 5.75 Å². The second-order valence-corrected chi connectivity index (χ2v) is 7.37. The van der Waals surface area contributed by atoms with Crippen LogP contribution in [0.4, 0.5) is 8.78 Å². The summed E-state index contributed by atoms with van der Waals surface area (Å²) in [6.07, 6.45) is -0.984. The fraction of sp³-hybridized carbons (Fsp3) is 0.500. The largest absolute Gasteiger partial charge is 0.497 e. The van der Waals surface area contributed by atoms with Crippen LogP contribution in [0.15, 0.2) is 24.3 Å². The second kappa shape index (κ2) is 6.40. The van der Waals surface area contributed by atoms with Crippen LogP contribution in [0.25, 0.3) is 0 Å². The molecule has 1 unspecified atom stereocenters. The van der Waals surface area contributed by atoms with Crippen molar-refractivity contribution in [2.75, 3.05) is 12.9 Å². The maximum atomic E-state index is 12.8. The number of hydrogen-bond donors (Lipinski definition) is 2. The average Bonchev–Trinajstić information content (AvgIpc) is 2.42. The number of carbonyl (C=O) groups is 1. The van der Waals surface area contributed by atoms with Crippen molar-refractivity contribution in [3.05, 3.63) is 29.8 Å². The molecule has 1 fully saturated rings. The van der Waals surface area contributed by atoms with Crippen LogP contribution < -0.4 is 9.46 Å². The van der Waals surface area contributed by atoms with E-state index in [0.29, 0.717) is 5.75 Å². The standard InChI is InChI=1S/C14H17F2NO5S/c1-22-11-4-2-10(3-5-11)12(13(18)19)17-23(20,21)8-9-6-14(15,16)7-9/h2-5,9,12,17H,6-8H2,1H3,(H,18,19). The molecule has 1 aliphatic rings. The number of carboxylic acid groups (broad SMARTS) is 1. The summed E-state index contributed by atoms with van der Waals surface area (Å²) in [4.78, 5) is 11.3. The first-order chi connectivity index (χ1) is 10.6. The van der Waals surface area contributed by atoms with Crippen LogP contribution in [0.1, 0.15) is 24.4 Å². The normalized spacial score (nSPS) is 18.9. The van der Waals surface area contributed by atoms with Crippen LogP contribution in [0.3, 0.4) is 0 Å². The molecule has 128 valence electrons.